The monoisotopic (exact) mass is 421 g/mol. The molecule has 3 aromatic rings. The van der Waals surface area contributed by atoms with Crippen LogP contribution in [0.3, 0.4) is 0 Å². The van der Waals surface area contributed by atoms with Gasteiger partial charge < -0.3 is 4.74 Å². The van der Waals surface area contributed by atoms with Gasteiger partial charge in [-0.3, -0.25) is 4.72 Å². The highest BCUT2D eigenvalue weighted by Gasteiger charge is 2.22. The molecule has 0 saturated carbocycles. The van der Waals surface area contributed by atoms with Gasteiger partial charge in [-0.05, 0) is 42.7 Å². The van der Waals surface area contributed by atoms with E-state index in [1.54, 1.807) is 33.1 Å². The molecule has 0 radical (unpaired) electrons. The third kappa shape index (κ3) is 4.79. The average molecular weight is 422 g/mol. The topological polar surface area (TPSA) is 81.2 Å². The summed E-state index contributed by atoms with van der Waals surface area (Å²) >= 11 is 2.74. The number of methoxy groups -OCH3 is 1. The standard InChI is InChI=1S/C18H19N3O3S3/c1-12-9-15(24-3)10-13(2)16(12)27(22,23)21-17-19-20-18(26-17)25-11-14-7-5-4-6-8-14/h4-10H,11H2,1-3H3,(H,19,21). The summed E-state index contributed by atoms with van der Waals surface area (Å²) in [5.41, 5.74) is 2.40. The van der Waals surface area contributed by atoms with Crippen LogP contribution in [0.5, 0.6) is 5.75 Å². The number of nitrogens with zero attached hydrogens (tertiary/aromatic N) is 2. The van der Waals surface area contributed by atoms with Crippen LogP contribution < -0.4 is 9.46 Å². The number of nitrogens with one attached hydrogen (secondary N) is 1. The van der Waals surface area contributed by atoms with Crippen LogP contribution in [0.4, 0.5) is 5.13 Å². The van der Waals surface area contributed by atoms with E-state index in [1.807, 2.05) is 30.3 Å². The Morgan fingerprint density at radius 3 is 2.41 bits per heavy atom. The number of aryl methyl sites for hydroxylation is 2. The molecule has 2 aromatic carbocycles. The molecule has 3 rings (SSSR count). The molecule has 0 saturated heterocycles. The van der Waals surface area contributed by atoms with Crippen LogP contribution >= 0.6 is 23.1 Å². The van der Waals surface area contributed by atoms with Crippen LogP contribution in [0.15, 0.2) is 51.7 Å². The highest BCUT2D eigenvalue weighted by Crippen LogP contribution is 2.31. The van der Waals surface area contributed by atoms with Crippen LogP contribution in [-0.4, -0.2) is 25.7 Å². The molecular formula is C18H19N3O3S3. The number of anilines is 1. The summed E-state index contributed by atoms with van der Waals surface area (Å²) in [5, 5.41) is 8.28. The molecule has 6 nitrogen and oxygen atoms in total. The number of sulfonamides is 1. The molecule has 0 aliphatic heterocycles. The van der Waals surface area contributed by atoms with Gasteiger partial charge >= 0.3 is 0 Å². The number of aromatic nitrogens is 2. The SMILES string of the molecule is COc1cc(C)c(S(=O)(=O)Nc2nnc(SCc3ccccc3)s2)c(C)c1. The average Bonchev–Trinajstić information content (AvgIpc) is 3.06. The van der Waals surface area contributed by atoms with Crippen molar-refractivity contribution in [1.29, 1.82) is 0 Å². The molecule has 1 aromatic heterocycles. The Kier molecular flexibility index (Phi) is 6.03. The molecule has 0 fully saturated rings. The van der Waals surface area contributed by atoms with Gasteiger partial charge in [0.25, 0.3) is 10.0 Å². The van der Waals surface area contributed by atoms with Gasteiger partial charge in [0.15, 0.2) is 4.34 Å². The third-order valence-electron chi connectivity index (χ3n) is 3.77. The maximum absolute atomic E-state index is 12.8. The molecule has 27 heavy (non-hydrogen) atoms. The van der Waals surface area contributed by atoms with Crippen LogP contribution in [0.2, 0.25) is 0 Å². The minimum atomic E-state index is -3.76. The van der Waals surface area contributed by atoms with Gasteiger partial charge in [-0.2, -0.15) is 0 Å². The number of benzene rings is 2. The van der Waals surface area contributed by atoms with Crippen molar-refractivity contribution in [2.75, 3.05) is 11.8 Å². The molecule has 0 atom stereocenters. The zero-order chi connectivity index (χ0) is 19.4. The summed E-state index contributed by atoms with van der Waals surface area (Å²) in [6.07, 6.45) is 0. The molecule has 0 amide bonds. The number of hydrogen-bond donors (Lipinski definition) is 1. The second kappa shape index (κ2) is 8.28. The second-order valence-electron chi connectivity index (χ2n) is 5.84. The van der Waals surface area contributed by atoms with Crippen molar-refractivity contribution in [3.05, 3.63) is 59.2 Å². The molecule has 142 valence electrons. The van der Waals surface area contributed by atoms with Gasteiger partial charge in [0.05, 0.1) is 12.0 Å². The fraction of sp³-hybridized carbons (Fsp3) is 0.222. The van der Waals surface area contributed by atoms with Crippen molar-refractivity contribution in [2.45, 2.75) is 28.8 Å². The Morgan fingerprint density at radius 2 is 1.78 bits per heavy atom. The van der Waals surface area contributed by atoms with E-state index < -0.39 is 10.0 Å². The Balaban J connectivity index is 1.74. The summed E-state index contributed by atoms with van der Waals surface area (Å²) in [5.74, 6) is 1.37. The number of hydrogen-bond acceptors (Lipinski definition) is 7. The fourth-order valence-electron chi connectivity index (χ4n) is 2.65. The van der Waals surface area contributed by atoms with E-state index in [2.05, 4.69) is 14.9 Å². The van der Waals surface area contributed by atoms with Gasteiger partial charge in [0.1, 0.15) is 5.75 Å². The van der Waals surface area contributed by atoms with Gasteiger partial charge in [0, 0.05) is 5.75 Å². The smallest absolute Gasteiger partial charge is 0.264 e. The molecule has 0 spiro atoms. The molecule has 9 heteroatoms. The molecular weight excluding hydrogens is 402 g/mol. The lowest BCUT2D eigenvalue weighted by Gasteiger charge is -2.12. The van der Waals surface area contributed by atoms with Gasteiger partial charge in [-0.25, -0.2) is 8.42 Å². The first-order valence-electron chi connectivity index (χ1n) is 8.07. The Bertz CT molecular complexity index is 1010. The predicted octanol–water partition coefficient (Wildman–Crippen LogP) is 4.26. The van der Waals surface area contributed by atoms with Crippen molar-refractivity contribution in [3.63, 3.8) is 0 Å². The largest absolute Gasteiger partial charge is 0.497 e. The number of ether oxygens (including phenoxy) is 1. The van der Waals surface area contributed by atoms with E-state index in [-0.39, 0.29) is 10.0 Å². The summed E-state index contributed by atoms with van der Waals surface area (Å²) in [4.78, 5) is 0.233. The van der Waals surface area contributed by atoms with Gasteiger partial charge in [-0.1, -0.05) is 53.4 Å². The van der Waals surface area contributed by atoms with Gasteiger partial charge in [0.2, 0.25) is 5.13 Å². The van der Waals surface area contributed by atoms with E-state index in [0.717, 1.165) is 5.75 Å². The van der Waals surface area contributed by atoms with Crippen LogP contribution in [0.1, 0.15) is 16.7 Å². The maximum Gasteiger partial charge on any atom is 0.264 e. The van der Waals surface area contributed by atoms with E-state index in [1.165, 1.54) is 28.7 Å². The summed E-state index contributed by atoms with van der Waals surface area (Å²) in [6.45, 7) is 3.48. The highest BCUT2D eigenvalue weighted by molar-refractivity contribution is 8.00. The summed E-state index contributed by atoms with van der Waals surface area (Å²) in [6, 6.07) is 13.4. The lowest BCUT2D eigenvalue weighted by molar-refractivity contribution is 0.413. The summed E-state index contributed by atoms with van der Waals surface area (Å²) in [7, 11) is -2.21. The molecule has 0 aliphatic rings. The van der Waals surface area contributed by atoms with E-state index in [0.29, 0.717) is 21.2 Å². The first-order valence-corrected chi connectivity index (χ1v) is 11.4. The Hall–Kier alpha value is -2.10. The lowest BCUT2D eigenvalue weighted by Crippen LogP contribution is -2.15. The van der Waals surface area contributed by atoms with Crippen LogP contribution in [0, 0.1) is 13.8 Å². The normalized spacial score (nSPS) is 11.4. The van der Waals surface area contributed by atoms with E-state index in [4.69, 9.17) is 4.74 Å². The minimum absolute atomic E-state index is 0.233. The highest BCUT2D eigenvalue weighted by atomic mass is 32.2. The zero-order valence-corrected chi connectivity index (χ0v) is 17.5. The third-order valence-corrected chi connectivity index (χ3v) is 7.59. The molecule has 1 N–H and O–H groups in total. The lowest BCUT2D eigenvalue weighted by atomic mass is 10.1. The van der Waals surface area contributed by atoms with Crippen molar-refractivity contribution >= 4 is 38.3 Å². The van der Waals surface area contributed by atoms with Crippen molar-refractivity contribution < 1.29 is 13.2 Å². The predicted molar refractivity (Wildman–Crippen MR) is 109 cm³/mol. The van der Waals surface area contributed by atoms with E-state index >= 15 is 0 Å². The fourth-order valence-corrected chi connectivity index (χ4v) is 6.04. The Labute approximate surface area is 167 Å². The van der Waals surface area contributed by atoms with Crippen LogP contribution in [0.25, 0.3) is 0 Å². The molecule has 0 bridgehead atoms. The van der Waals surface area contributed by atoms with Crippen molar-refractivity contribution in [1.82, 2.24) is 10.2 Å². The minimum Gasteiger partial charge on any atom is -0.497 e. The van der Waals surface area contributed by atoms with E-state index in [9.17, 15) is 8.42 Å². The van der Waals surface area contributed by atoms with Gasteiger partial charge in [-0.15, -0.1) is 10.2 Å². The number of rotatable bonds is 7. The first-order chi connectivity index (χ1) is 12.9. The Morgan fingerprint density at radius 1 is 1.11 bits per heavy atom. The molecule has 1 heterocycles. The van der Waals surface area contributed by atoms with Crippen LogP contribution in [-0.2, 0) is 15.8 Å². The second-order valence-corrected chi connectivity index (χ2v) is 9.66. The molecule has 0 unspecified atom stereocenters. The number of thioether (sulfide) groups is 1. The zero-order valence-electron chi connectivity index (χ0n) is 15.1. The first kappa shape index (κ1) is 19.7. The maximum atomic E-state index is 12.8. The molecule has 0 aliphatic carbocycles. The van der Waals surface area contributed by atoms with Crippen molar-refractivity contribution in [3.8, 4) is 5.75 Å². The van der Waals surface area contributed by atoms with Crippen molar-refractivity contribution in [2.24, 2.45) is 0 Å². The quantitative estimate of drug-likeness (QED) is 0.574. The summed E-state index contributed by atoms with van der Waals surface area (Å²) < 4.78 is 34.1.